The minimum Gasteiger partial charge on any atom is -0.326 e. The summed E-state index contributed by atoms with van der Waals surface area (Å²) in [7, 11) is -3.23. The van der Waals surface area contributed by atoms with Crippen molar-refractivity contribution in [3.8, 4) is 0 Å². The van der Waals surface area contributed by atoms with Gasteiger partial charge in [-0.3, -0.25) is 14.5 Å². The summed E-state index contributed by atoms with van der Waals surface area (Å²) in [6.45, 7) is -0.298. The number of nitrogens with zero attached hydrogens (tertiary/aromatic N) is 2. The van der Waals surface area contributed by atoms with Gasteiger partial charge in [0.15, 0.2) is 0 Å². The number of hydrogen-bond donors (Lipinski definition) is 1. The van der Waals surface area contributed by atoms with Crippen LogP contribution in [0, 0.1) is 0 Å². The summed E-state index contributed by atoms with van der Waals surface area (Å²) >= 11 is 0. The summed E-state index contributed by atoms with van der Waals surface area (Å²) in [5.74, 6) is -0.958. The van der Waals surface area contributed by atoms with Crippen molar-refractivity contribution in [2.75, 3.05) is 18.6 Å². The summed E-state index contributed by atoms with van der Waals surface area (Å²) in [6.07, 6.45) is 9.03. The van der Waals surface area contributed by atoms with E-state index in [2.05, 4.69) is 11.4 Å². The van der Waals surface area contributed by atoms with Gasteiger partial charge in [0.25, 0.3) is 5.91 Å². The Bertz CT molecular complexity index is 741. The molecular weight excluding hydrogens is 358 g/mol. The zero-order chi connectivity index (χ0) is 18.9. The maximum Gasteiger partial charge on any atom is 0.325 e. The second-order valence-electron chi connectivity index (χ2n) is 7.28. The monoisotopic (exact) mass is 383 g/mol. The van der Waals surface area contributed by atoms with E-state index < -0.39 is 27.8 Å². The highest BCUT2D eigenvalue weighted by Crippen LogP contribution is 2.34. The zero-order valence-electron chi connectivity index (χ0n) is 14.9. The Morgan fingerprint density at radius 2 is 2.04 bits per heavy atom. The first-order valence-corrected chi connectivity index (χ1v) is 11.1. The van der Waals surface area contributed by atoms with Gasteiger partial charge in [-0.05, 0) is 44.9 Å². The van der Waals surface area contributed by atoms with Gasteiger partial charge >= 0.3 is 6.03 Å². The molecule has 0 aromatic heterocycles. The lowest BCUT2D eigenvalue weighted by atomic mass is 10.0. The number of hydrogen-bond acceptors (Lipinski definition) is 5. The van der Waals surface area contributed by atoms with Gasteiger partial charge in [-0.25, -0.2) is 13.2 Å². The third-order valence-corrected chi connectivity index (χ3v) is 5.91. The summed E-state index contributed by atoms with van der Waals surface area (Å²) in [5.41, 5.74) is 1.00. The van der Waals surface area contributed by atoms with Crippen molar-refractivity contribution in [2.24, 2.45) is 0 Å². The predicted molar refractivity (Wildman–Crippen MR) is 94.8 cm³/mol. The molecule has 0 spiro atoms. The van der Waals surface area contributed by atoms with Crippen LogP contribution in [0.2, 0.25) is 0 Å². The van der Waals surface area contributed by atoms with Crippen molar-refractivity contribution in [2.45, 2.75) is 57.0 Å². The van der Waals surface area contributed by atoms with E-state index in [4.69, 9.17) is 0 Å². The van der Waals surface area contributed by atoms with E-state index in [1.165, 1.54) is 0 Å². The average molecular weight is 383 g/mol. The van der Waals surface area contributed by atoms with Crippen LogP contribution in [0.15, 0.2) is 11.8 Å². The first-order chi connectivity index (χ1) is 12.3. The molecule has 26 heavy (non-hydrogen) atoms. The highest BCUT2D eigenvalue weighted by atomic mass is 32.2. The minimum absolute atomic E-state index is 0.0194. The molecule has 0 bridgehead atoms. The fourth-order valence-electron chi connectivity index (χ4n) is 3.44. The maximum atomic E-state index is 12.8. The van der Waals surface area contributed by atoms with E-state index in [9.17, 15) is 22.8 Å². The van der Waals surface area contributed by atoms with E-state index >= 15 is 0 Å². The number of sulfone groups is 1. The zero-order valence-corrected chi connectivity index (χ0v) is 15.8. The highest BCUT2D eigenvalue weighted by Gasteiger charge is 2.42. The molecule has 1 heterocycles. The van der Waals surface area contributed by atoms with Crippen LogP contribution in [0.5, 0.6) is 0 Å². The van der Waals surface area contributed by atoms with Gasteiger partial charge in [0, 0.05) is 18.0 Å². The smallest absolute Gasteiger partial charge is 0.325 e. The molecular formula is C17H25N3O5S. The molecule has 9 heteroatoms. The third kappa shape index (κ3) is 4.44. The van der Waals surface area contributed by atoms with Crippen LogP contribution in [0.4, 0.5) is 4.79 Å². The van der Waals surface area contributed by atoms with Crippen molar-refractivity contribution >= 4 is 27.7 Å². The third-order valence-electron chi connectivity index (χ3n) is 4.93. The molecule has 8 nitrogen and oxygen atoms in total. The fraction of sp³-hybridized carbons (Fsp3) is 0.706. The summed E-state index contributed by atoms with van der Waals surface area (Å²) in [5, 5.41) is 2.48. The second kappa shape index (κ2) is 7.38. The molecule has 0 aromatic carbocycles. The van der Waals surface area contributed by atoms with Crippen LogP contribution in [-0.4, -0.2) is 66.7 Å². The normalized spacial score (nSPS) is 23.7. The van der Waals surface area contributed by atoms with Gasteiger partial charge in [-0.15, -0.1) is 0 Å². The molecule has 1 saturated carbocycles. The molecule has 0 unspecified atom stereocenters. The lowest BCUT2D eigenvalue weighted by Gasteiger charge is -2.29. The molecule has 0 aromatic rings. The van der Waals surface area contributed by atoms with E-state index in [1.54, 1.807) is 4.90 Å². The molecule has 144 valence electrons. The van der Waals surface area contributed by atoms with Crippen LogP contribution in [0.25, 0.3) is 0 Å². The lowest BCUT2D eigenvalue weighted by molar-refractivity contribution is -0.136. The van der Waals surface area contributed by atoms with Gasteiger partial charge < -0.3 is 10.2 Å². The first-order valence-electron chi connectivity index (χ1n) is 9.07. The van der Waals surface area contributed by atoms with Crippen molar-refractivity contribution in [1.82, 2.24) is 15.1 Å². The molecule has 3 aliphatic rings. The standard InChI is InChI=1S/C17H25N3O5S/c1-26(24,25)10-9-14-16(22)19(17(23)18-14)11-15(21)20(13-7-8-13)12-5-3-2-4-6-12/h5,13-14H,2-4,6-11H2,1H3,(H,18,23)/t14-/m1/s1. The fourth-order valence-corrected chi connectivity index (χ4v) is 4.10. The number of amides is 4. The van der Waals surface area contributed by atoms with Crippen LogP contribution in [-0.2, 0) is 19.4 Å². The SMILES string of the molecule is CS(=O)(=O)CC[C@H]1NC(=O)N(CC(=O)N(C2=CCCCC2)C2CC2)C1=O. The highest BCUT2D eigenvalue weighted by molar-refractivity contribution is 7.90. The van der Waals surface area contributed by atoms with Gasteiger partial charge in [0.05, 0.1) is 5.75 Å². The summed E-state index contributed by atoms with van der Waals surface area (Å²) in [6, 6.07) is -1.34. The van der Waals surface area contributed by atoms with E-state index in [0.717, 1.165) is 55.4 Å². The van der Waals surface area contributed by atoms with Gasteiger partial charge in [-0.1, -0.05) is 6.08 Å². The first kappa shape index (κ1) is 18.9. The van der Waals surface area contributed by atoms with E-state index in [-0.39, 0.29) is 30.7 Å². The predicted octanol–water partition coefficient (Wildman–Crippen LogP) is 0.790. The lowest BCUT2D eigenvalue weighted by Crippen LogP contribution is -2.44. The molecule has 1 atom stereocenters. The summed E-state index contributed by atoms with van der Waals surface area (Å²) < 4.78 is 22.6. The summed E-state index contributed by atoms with van der Waals surface area (Å²) in [4.78, 5) is 40.0. The molecule has 1 N–H and O–H groups in total. The quantitative estimate of drug-likeness (QED) is 0.655. The average Bonchev–Trinajstić information content (AvgIpc) is 3.36. The Labute approximate surface area is 153 Å². The Kier molecular flexibility index (Phi) is 5.36. The Hall–Kier alpha value is -1.90. The molecule has 0 radical (unpaired) electrons. The minimum atomic E-state index is -3.23. The van der Waals surface area contributed by atoms with Gasteiger partial charge in [0.1, 0.15) is 22.4 Å². The maximum absolute atomic E-state index is 12.8. The largest absolute Gasteiger partial charge is 0.326 e. The molecule has 4 amide bonds. The Balaban J connectivity index is 1.65. The number of rotatable bonds is 7. The van der Waals surface area contributed by atoms with E-state index in [1.807, 2.05) is 0 Å². The van der Waals surface area contributed by atoms with Crippen LogP contribution >= 0.6 is 0 Å². The Morgan fingerprint density at radius 3 is 2.62 bits per heavy atom. The number of allylic oxidation sites excluding steroid dienone is 2. The topological polar surface area (TPSA) is 104 Å². The second-order valence-corrected chi connectivity index (χ2v) is 9.54. The van der Waals surface area contributed by atoms with Crippen molar-refractivity contribution < 1.29 is 22.8 Å². The van der Waals surface area contributed by atoms with Crippen molar-refractivity contribution in [3.05, 3.63) is 11.8 Å². The van der Waals surface area contributed by atoms with Gasteiger partial charge in [0.2, 0.25) is 5.91 Å². The molecule has 2 fully saturated rings. The number of carbonyl (C=O) groups is 3. The Morgan fingerprint density at radius 1 is 1.31 bits per heavy atom. The number of nitrogens with one attached hydrogen (secondary N) is 1. The number of imide groups is 1. The number of carbonyl (C=O) groups excluding carboxylic acids is 3. The van der Waals surface area contributed by atoms with Crippen LogP contribution < -0.4 is 5.32 Å². The van der Waals surface area contributed by atoms with Gasteiger partial charge in [-0.2, -0.15) is 0 Å². The van der Waals surface area contributed by atoms with Crippen molar-refractivity contribution in [3.63, 3.8) is 0 Å². The van der Waals surface area contributed by atoms with E-state index in [0.29, 0.717) is 0 Å². The molecule has 3 rings (SSSR count). The molecule has 1 aliphatic heterocycles. The number of urea groups is 1. The molecule has 1 saturated heterocycles. The van der Waals surface area contributed by atoms with Crippen LogP contribution in [0.1, 0.15) is 44.9 Å². The molecule has 2 aliphatic carbocycles. The van der Waals surface area contributed by atoms with Crippen molar-refractivity contribution in [1.29, 1.82) is 0 Å². The van der Waals surface area contributed by atoms with Crippen LogP contribution in [0.3, 0.4) is 0 Å².